The normalized spacial score (nSPS) is 17.5. The molecule has 1 aliphatic heterocycles. The molecule has 0 bridgehead atoms. The van der Waals surface area contributed by atoms with E-state index in [4.69, 9.17) is 5.73 Å². The Kier molecular flexibility index (Phi) is 7.15. The van der Waals surface area contributed by atoms with E-state index in [2.05, 4.69) is 10.3 Å². The molecule has 172 valence electrons. The minimum Gasteiger partial charge on any atom is -0.396 e. The van der Waals surface area contributed by atoms with Crippen molar-refractivity contribution >= 4 is 17.5 Å². The molecule has 0 radical (unpaired) electrons. The largest absolute Gasteiger partial charge is 0.396 e. The number of pyridine rings is 1. The molecule has 2 heterocycles. The average molecular weight is 450 g/mol. The van der Waals surface area contributed by atoms with Crippen LogP contribution in [0, 0.1) is 0 Å². The molecule has 0 saturated carbocycles. The van der Waals surface area contributed by atoms with Gasteiger partial charge in [-0.1, -0.05) is 13.0 Å². The molecular weight excluding hydrogens is 425 g/mol. The minimum absolute atomic E-state index is 0.0495. The number of rotatable bonds is 7. The third-order valence-electron chi connectivity index (χ3n) is 5.45. The second kappa shape index (κ2) is 9.66. The third kappa shape index (κ3) is 5.83. The Balaban J connectivity index is 1.78. The Morgan fingerprint density at radius 2 is 2.06 bits per heavy atom. The number of hydrogen-bond acceptors (Lipinski definition) is 5. The van der Waals surface area contributed by atoms with Gasteiger partial charge in [-0.25, -0.2) is 0 Å². The fourth-order valence-corrected chi connectivity index (χ4v) is 4.05. The molecule has 1 aromatic carbocycles. The van der Waals surface area contributed by atoms with Crippen LogP contribution in [0.15, 0.2) is 36.7 Å². The monoisotopic (exact) mass is 450 g/mol. The number of halogens is 3. The summed E-state index contributed by atoms with van der Waals surface area (Å²) in [5.74, 6) is -0.917. The van der Waals surface area contributed by atoms with Crippen LogP contribution in [0.4, 0.5) is 18.9 Å². The van der Waals surface area contributed by atoms with Gasteiger partial charge in [0, 0.05) is 31.5 Å². The number of aliphatic hydroxyl groups excluding tert-OH is 1. The molecule has 1 unspecified atom stereocenters. The van der Waals surface area contributed by atoms with Gasteiger partial charge in [-0.3, -0.25) is 19.5 Å². The maximum Gasteiger partial charge on any atom is 0.393 e. The highest BCUT2D eigenvalue weighted by Gasteiger charge is 2.31. The summed E-state index contributed by atoms with van der Waals surface area (Å²) >= 11 is 0. The lowest BCUT2D eigenvalue weighted by atomic mass is 9.88. The number of nitrogens with zero attached hydrogens (tertiary/aromatic N) is 2. The summed E-state index contributed by atoms with van der Waals surface area (Å²) in [6, 6.07) is 5.84. The molecule has 3 rings (SSSR count). The van der Waals surface area contributed by atoms with Gasteiger partial charge in [-0.2, -0.15) is 13.2 Å². The van der Waals surface area contributed by atoms with E-state index in [-0.39, 0.29) is 30.2 Å². The molecule has 2 amide bonds. The average Bonchev–Trinajstić information content (AvgIpc) is 2.70. The van der Waals surface area contributed by atoms with Gasteiger partial charge in [0.15, 0.2) is 0 Å². The van der Waals surface area contributed by atoms with Gasteiger partial charge in [0.2, 0.25) is 5.91 Å². The molecular formula is C22H25F3N4O3. The standard InChI is InChI=1S/C22H25F3N4O3/c1-13-11-29(19(4-5-30)20(26)31)12-16-7-15(2-3-18(13)16)21(32)28-17-6-14(9-27-10-17)8-22(23,24)25/h2-3,6-7,9-10,13,19,30H,4-5,8,11-12H2,1H3,(H2,26,31)(H,28,32)/t13-,19?/m0/s1. The maximum absolute atomic E-state index is 12.7. The second-order valence-corrected chi connectivity index (χ2v) is 8.00. The summed E-state index contributed by atoms with van der Waals surface area (Å²) in [7, 11) is 0. The molecule has 2 aromatic rings. The Labute approximate surface area is 183 Å². The smallest absolute Gasteiger partial charge is 0.393 e. The number of amides is 2. The molecule has 32 heavy (non-hydrogen) atoms. The zero-order valence-corrected chi connectivity index (χ0v) is 17.5. The molecule has 7 nitrogen and oxygen atoms in total. The van der Waals surface area contributed by atoms with Crippen LogP contribution in [0.25, 0.3) is 0 Å². The fourth-order valence-electron chi connectivity index (χ4n) is 4.05. The first-order valence-electron chi connectivity index (χ1n) is 10.2. The van der Waals surface area contributed by atoms with Crippen molar-refractivity contribution < 1.29 is 27.9 Å². The minimum atomic E-state index is -4.37. The van der Waals surface area contributed by atoms with Crippen molar-refractivity contribution in [3.63, 3.8) is 0 Å². The molecule has 0 spiro atoms. The lowest BCUT2D eigenvalue weighted by Gasteiger charge is -2.37. The van der Waals surface area contributed by atoms with Crippen molar-refractivity contribution in [2.75, 3.05) is 18.5 Å². The number of hydrogen-bond donors (Lipinski definition) is 3. The van der Waals surface area contributed by atoms with Gasteiger partial charge in [-0.15, -0.1) is 0 Å². The molecule has 10 heteroatoms. The summed E-state index contributed by atoms with van der Waals surface area (Å²) in [5.41, 5.74) is 7.84. The highest BCUT2D eigenvalue weighted by Crippen LogP contribution is 2.31. The number of carbonyl (C=O) groups is 2. The number of nitrogens with one attached hydrogen (secondary N) is 1. The van der Waals surface area contributed by atoms with Gasteiger partial charge >= 0.3 is 6.18 Å². The number of nitrogens with two attached hydrogens (primary N) is 1. The quantitative estimate of drug-likeness (QED) is 0.601. The maximum atomic E-state index is 12.7. The first kappa shape index (κ1) is 23.7. The lowest BCUT2D eigenvalue weighted by molar-refractivity contribution is -0.127. The van der Waals surface area contributed by atoms with E-state index in [9.17, 15) is 27.9 Å². The summed E-state index contributed by atoms with van der Waals surface area (Å²) in [4.78, 5) is 30.2. The van der Waals surface area contributed by atoms with Crippen molar-refractivity contribution in [2.45, 2.75) is 44.4 Å². The Hall–Kier alpha value is -2.98. The Morgan fingerprint density at radius 3 is 2.72 bits per heavy atom. The van der Waals surface area contributed by atoms with E-state index >= 15 is 0 Å². The van der Waals surface area contributed by atoms with Gasteiger partial charge < -0.3 is 16.2 Å². The van der Waals surface area contributed by atoms with Crippen molar-refractivity contribution in [1.29, 1.82) is 0 Å². The number of aromatic nitrogens is 1. The van der Waals surface area contributed by atoms with Gasteiger partial charge in [-0.05, 0) is 47.2 Å². The lowest BCUT2D eigenvalue weighted by Crippen LogP contribution is -2.48. The van der Waals surface area contributed by atoms with Gasteiger partial charge in [0.1, 0.15) is 0 Å². The molecule has 0 fully saturated rings. The predicted octanol–water partition coefficient (Wildman–Crippen LogP) is 2.59. The van der Waals surface area contributed by atoms with E-state index in [1.54, 1.807) is 12.1 Å². The van der Waals surface area contributed by atoms with Gasteiger partial charge in [0.05, 0.1) is 24.3 Å². The molecule has 0 saturated heterocycles. The SMILES string of the molecule is C[C@H]1CN(C(CCO)C(N)=O)Cc2cc(C(=O)Nc3cncc(CC(F)(F)F)c3)ccc21. The number of alkyl halides is 3. The highest BCUT2D eigenvalue weighted by atomic mass is 19.4. The van der Waals surface area contributed by atoms with Crippen LogP contribution >= 0.6 is 0 Å². The van der Waals surface area contributed by atoms with E-state index in [0.717, 1.165) is 17.3 Å². The molecule has 2 atom stereocenters. The van der Waals surface area contributed by atoms with Crippen LogP contribution in [0.2, 0.25) is 0 Å². The zero-order valence-electron chi connectivity index (χ0n) is 17.5. The summed E-state index contributed by atoms with van der Waals surface area (Å²) in [6.07, 6.45) is -2.89. The zero-order chi connectivity index (χ0) is 23.5. The van der Waals surface area contributed by atoms with Gasteiger partial charge in [0.25, 0.3) is 5.91 Å². The number of anilines is 1. The van der Waals surface area contributed by atoms with Crippen LogP contribution in [0.3, 0.4) is 0 Å². The number of benzene rings is 1. The Bertz CT molecular complexity index is 997. The fraction of sp³-hybridized carbons (Fsp3) is 0.409. The third-order valence-corrected chi connectivity index (χ3v) is 5.45. The Morgan fingerprint density at radius 1 is 1.31 bits per heavy atom. The van der Waals surface area contributed by atoms with Crippen LogP contribution in [0.5, 0.6) is 0 Å². The van der Waals surface area contributed by atoms with Crippen LogP contribution in [-0.2, 0) is 17.8 Å². The number of primary amides is 1. The first-order chi connectivity index (χ1) is 15.1. The molecule has 1 aromatic heterocycles. The van der Waals surface area contributed by atoms with E-state index in [1.807, 2.05) is 17.9 Å². The number of aliphatic hydroxyl groups is 1. The van der Waals surface area contributed by atoms with Crippen LogP contribution in [-0.4, -0.2) is 52.2 Å². The van der Waals surface area contributed by atoms with Crippen molar-refractivity contribution in [2.24, 2.45) is 5.73 Å². The summed E-state index contributed by atoms with van der Waals surface area (Å²) in [6.45, 7) is 2.80. The van der Waals surface area contributed by atoms with Crippen molar-refractivity contribution in [3.05, 3.63) is 58.9 Å². The molecule has 0 aliphatic carbocycles. The summed E-state index contributed by atoms with van der Waals surface area (Å²) < 4.78 is 37.9. The van der Waals surface area contributed by atoms with Crippen molar-refractivity contribution in [1.82, 2.24) is 9.88 Å². The van der Waals surface area contributed by atoms with E-state index in [0.29, 0.717) is 18.7 Å². The predicted molar refractivity (Wildman–Crippen MR) is 112 cm³/mol. The topological polar surface area (TPSA) is 109 Å². The second-order valence-electron chi connectivity index (χ2n) is 8.00. The molecule has 1 aliphatic rings. The van der Waals surface area contributed by atoms with E-state index < -0.39 is 30.5 Å². The van der Waals surface area contributed by atoms with E-state index in [1.165, 1.54) is 12.3 Å². The summed E-state index contributed by atoms with van der Waals surface area (Å²) in [5, 5.41) is 11.8. The van der Waals surface area contributed by atoms with Crippen LogP contribution < -0.4 is 11.1 Å². The highest BCUT2D eigenvalue weighted by molar-refractivity contribution is 6.04. The number of fused-ring (bicyclic) bond motifs is 1. The van der Waals surface area contributed by atoms with Crippen LogP contribution in [0.1, 0.15) is 46.3 Å². The molecule has 4 N–H and O–H groups in total. The van der Waals surface area contributed by atoms with Crippen molar-refractivity contribution in [3.8, 4) is 0 Å². The first-order valence-corrected chi connectivity index (χ1v) is 10.2. The number of carbonyl (C=O) groups excluding carboxylic acids is 2.